The van der Waals surface area contributed by atoms with Gasteiger partial charge in [0.2, 0.25) is 0 Å². The summed E-state index contributed by atoms with van der Waals surface area (Å²) in [7, 11) is 1.46. The van der Waals surface area contributed by atoms with E-state index >= 15 is 0 Å². The summed E-state index contributed by atoms with van der Waals surface area (Å²) in [6, 6.07) is 7.40. The number of hydrogen-bond donors (Lipinski definition) is 0. The fourth-order valence-electron chi connectivity index (χ4n) is 2.93. The minimum Gasteiger partial charge on any atom is -0.497 e. The molecule has 2 aromatic heterocycles. The molecule has 2 heterocycles. The van der Waals surface area contributed by atoms with Gasteiger partial charge in [0.25, 0.3) is 0 Å². The molecule has 0 saturated heterocycles. The number of aromatic nitrogens is 4. The quantitative estimate of drug-likeness (QED) is 0.556. The Labute approximate surface area is 141 Å². The van der Waals surface area contributed by atoms with Crippen molar-refractivity contribution in [3.05, 3.63) is 53.2 Å². The number of halogens is 2. The molecule has 126 valence electrons. The molecule has 2 aromatic carbocycles. The smallest absolute Gasteiger partial charge is 0.183 e. The van der Waals surface area contributed by atoms with E-state index in [1.165, 1.54) is 25.3 Å². The molecule has 0 radical (unpaired) electrons. The highest BCUT2D eigenvalue weighted by Crippen LogP contribution is 2.30. The molecular formula is C18H14F2N4O. The van der Waals surface area contributed by atoms with E-state index in [0.29, 0.717) is 34.0 Å². The maximum Gasteiger partial charge on any atom is 0.183 e. The van der Waals surface area contributed by atoms with Crippen LogP contribution in [0.4, 0.5) is 8.78 Å². The molecule has 0 unspecified atom stereocenters. The summed E-state index contributed by atoms with van der Waals surface area (Å²) in [5, 5.41) is 8.08. The van der Waals surface area contributed by atoms with Crippen LogP contribution in [0.15, 0.2) is 30.3 Å². The van der Waals surface area contributed by atoms with Crippen LogP contribution in [0.3, 0.4) is 0 Å². The summed E-state index contributed by atoms with van der Waals surface area (Å²) in [5.74, 6) is -0.0771. The molecule has 0 aliphatic carbocycles. The van der Waals surface area contributed by atoms with Crippen molar-refractivity contribution in [2.24, 2.45) is 0 Å². The number of aryl methyl sites for hydroxylation is 2. The van der Waals surface area contributed by atoms with Gasteiger partial charge in [0.1, 0.15) is 22.9 Å². The Morgan fingerprint density at radius 3 is 2.60 bits per heavy atom. The van der Waals surface area contributed by atoms with Gasteiger partial charge in [0.15, 0.2) is 11.5 Å². The molecule has 0 fully saturated rings. The molecule has 0 bridgehead atoms. The van der Waals surface area contributed by atoms with Gasteiger partial charge in [0, 0.05) is 17.7 Å². The van der Waals surface area contributed by atoms with E-state index in [1.54, 1.807) is 23.5 Å². The minimum absolute atomic E-state index is 0.0982. The van der Waals surface area contributed by atoms with Crippen LogP contribution >= 0.6 is 0 Å². The number of methoxy groups -OCH3 is 1. The standard InChI is InChI=1S/C18H14F2N4O/c1-9-4-5-11(19)6-13(9)18-21-10(2)17-23-22-16-14(20)7-12(25-3)8-15(16)24(17)18/h4-8H,1-3H3. The predicted octanol–water partition coefficient (Wildman–Crippen LogP) is 3.85. The number of imidazole rings is 1. The zero-order valence-corrected chi connectivity index (χ0v) is 13.8. The fourth-order valence-corrected chi connectivity index (χ4v) is 2.93. The van der Waals surface area contributed by atoms with Crippen LogP contribution in [-0.4, -0.2) is 26.7 Å². The lowest BCUT2D eigenvalue weighted by Gasteiger charge is -2.09. The number of rotatable bonds is 2. The Bertz CT molecular complexity index is 1140. The van der Waals surface area contributed by atoms with E-state index in [4.69, 9.17) is 4.74 Å². The topological polar surface area (TPSA) is 52.3 Å². The lowest BCUT2D eigenvalue weighted by atomic mass is 10.1. The molecule has 0 saturated carbocycles. The molecule has 25 heavy (non-hydrogen) atoms. The van der Waals surface area contributed by atoms with Gasteiger partial charge in [-0.2, -0.15) is 0 Å². The van der Waals surface area contributed by atoms with Crippen molar-refractivity contribution in [2.45, 2.75) is 13.8 Å². The van der Waals surface area contributed by atoms with Crippen molar-refractivity contribution >= 4 is 16.7 Å². The highest BCUT2D eigenvalue weighted by molar-refractivity contribution is 5.82. The second-order valence-corrected chi connectivity index (χ2v) is 5.82. The number of fused-ring (bicyclic) bond motifs is 3. The fraction of sp³-hybridized carbons (Fsp3) is 0.167. The second-order valence-electron chi connectivity index (χ2n) is 5.82. The van der Waals surface area contributed by atoms with Crippen molar-refractivity contribution in [3.8, 4) is 17.1 Å². The Morgan fingerprint density at radius 1 is 1.04 bits per heavy atom. The van der Waals surface area contributed by atoms with Crippen molar-refractivity contribution in [1.29, 1.82) is 0 Å². The molecule has 0 aliphatic rings. The number of hydrogen-bond acceptors (Lipinski definition) is 4. The molecule has 0 aliphatic heterocycles. The van der Waals surface area contributed by atoms with E-state index in [-0.39, 0.29) is 11.3 Å². The van der Waals surface area contributed by atoms with Gasteiger partial charge >= 0.3 is 0 Å². The Morgan fingerprint density at radius 2 is 1.84 bits per heavy atom. The van der Waals surface area contributed by atoms with Crippen LogP contribution in [0.1, 0.15) is 11.3 Å². The summed E-state index contributed by atoms with van der Waals surface area (Å²) in [4.78, 5) is 4.53. The lowest BCUT2D eigenvalue weighted by Crippen LogP contribution is -2.00. The summed E-state index contributed by atoms with van der Waals surface area (Å²) < 4.78 is 35.0. The van der Waals surface area contributed by atoms with Gasteiger partial charge in [-0.1, -0.05) is 6.07 Å². The second kappa shape index (κ2) is 5.47. The van der Waals surface area contributed by atoms with Gasteiger partial charge in [-0.15, -0.1) is 10.2 Å². The maximum absolute atomic E-state index is 14.4. The molecule has 7 heteroatoms. The zero-order chi connectivity index (χ0) is 17.7. The van der Waals surface area contributed by atoms with Crippen LogP contribution in [0.25, 0.3) is 28.1 Å². The first-order valence-corrected chi connectivity index (χ1v) is 7.65. The van der Waals surface area contributed by atoms with Gasteiger partial charge < -0.3 is 4.74 Å². The SMILES string of the molecule is COc1cc(F)c2nnc3c(C)nc(-c4cc(F)ccc4C)n3c2c1. The first-order valence-electron chi connectivity index (χ1n) is 7.65. The summed E-state index contributed by atoms with van der Waals surface area (Å²) in [6.45, 7) is 3.65. The Balaban J connectivity index is 2.19. The first-order chi connectivity index (χ1) is 12.0. The van der Waals surface area contributed by atoms with Gasteiger partial charge in [-0.05, 0) is 31.5 Å². The number of benzene rings is 2. The van der Waals surface area contributed by atoms with Crippen molar-refractivity contribution in [3.63, 3.8) is 0 Å². The molecule has 0 N–H and O–H groups in total. The predicted molar refractivity (Wildman–Crippen MR) is 89.7 cm³/mol. The normalized spacial score (nSPS) is 11.4. The van der Waals surface area contributed by atoms with E-state index in [1.807, 2.05) is 6.92 Å². The Kier molecular flexibility index (Phi) is 3.38. The van der Waals surface area contributed by atoms with Gasteiger partial charge in [0.05, 0.1) is 18.3 Å². The highest BCUT2D eigenvalue weighted by atomic mass is 19.1. The van der Waals surface area contributed by atoms with Crippen LogP contribution in [-0.2, 0) is 0 Å². The Hall–Kier alpha value is -3.09. The molecule has 5 nitrogen and oxygen atoms in total. The molecular weight excluding hydrogens is 326 g/mol. The van der Waals surface area contributed by atoms with Crippen LogP contribution < -0.4 is 4.74 Å². The third-order valence-electron chi connectivity index (χ3n) is 4.20. The van der Waals surface area contributed by atoms with E-state index < -0.39 is 5.82 Å². The molecule has 4 rings (SSSR count). The van der Waals surface area contributed by atoms with Gasteiger partial charge in [-0.25, -0.2) is 13.8 Å². The molecule has 0 amide bonds. The van der Waals surface area contributed by atoms with Crippen LogP contribution in [0, 0.1) is 25.5 Å². The molecule has 0 spiro atoms. The van der Waals surface area contributed by atoms with Crippen LogP contribution in [0.2, 0.25) is 0 Å². The van der Waals surface area contributed by atoms with Gasteiger partial charge in [-0.3, -0.25) is 4.40 Å². The lowest BCUT2D eigenvalue weighted by molar-refractivity contribution is 0.412. The maximum atomic E-state index is 14.4. The zero-order valence-electron chi connectivity index (χ0n) is 13.8. The van der Waals surface area contributed by atoms with E-state index in [9.17, 15) is 8.78 Å². The third-order valence-corrected chi connectivity index (χ3v) is 4.20. The summed E-state index contributed by atoms with van der Waals surface area (Å²) in [6.07, 6.45) is 0. The van der Waals surface area contributed by atoms with E-state index in [2.05, 4.69) is 15.2 Å². The minimum atomic E-state index is -0.544. The van der Waals surface area contributed by atoms with E-state index in [0.717, 1.165) is 5.56 Å². The monoisotopic (exact) mass is 340 g/mol. The summed E-state index contributed by atoms with van der Waals surface area (Å²) >= 11 is 0. The van der Waals surface area contributed by atoms with Crippen molar-refractivity contribution < 1.29 is 13.5 Å². The molecule has 4 aromatic rings. The largest absolute Gasteiger partial charge is 0.497 e. The first kappa shape index (κ1) is 15.4. The number of ether oxygens (including phenoxy) is 1. The molecule has 0 atom stereocenters. The van der Waals surface area contributed by atoms with Crippen molar-refractivity contribution in [2.75, 3.05) is 7.11 Å². The number of nitrogens with zero attached hydrogens (tertiary/aromatic N) is 4. The van der Waals surface area contributed by atoms with Crippen LogP contribution in [0.5, 0.6) is 5.75 Å². The average molecular weight is 340 g/mol. The average Bonchev–Trinajstić information content (AvgIpc) is 2.94. The highest BCUT2D eigenvalue weighted by Gasteiger charge is 2.19. The summed E-state index contributed by atoms with van der Waals surface area (Å²) in [5.41, 5.74) is 3.12. The van der Waals surface area contributed by atoms with Crippen molar-refractivity contribution in [1.82, 2.24) is 19.6 Å². The third kappa shape index (κ3) is 2.31.